The largest absolute Gasteiger partial charge is 0.418 e. The number of nitrogens with zero attached hydrogens (tertiary/aromatic N) is 3. The van der Waals surface area contributed by atoms with Gasteiger partial charge in [-0.1, -0.05) is 6.07 Å². The highest BCUT2D eigenvalue weighted by Gasteiger charge is 2.36. The number of hydrogen-bond donors (Lipinski definition) is 4. The molecule has 252 valence electrons. The van der Waals surface area contributed by atoms with Gasteiger partial charge in [0.05, 0.1) is 34.6 Å². The molecule has 7 rings (SSSR count). The summed E-state index contributed by atoms with van der Waals surface area (Å²) in [4.78, 5) is 37.0. The van der Waals surface area contributed by atoms with Gasteiger partial charge in [-0.2, -0.15) is 13.2 Å². The van der Waals surface area contributed by atoms with Crippen LogP contribution in [0, 0.1) is 6.92 Å². The molecule has 5 aromatic rings. The van der Waals surface area contributed by atoms with Gasteiger partial charge in [-0.15, -0.1) is 11.3 Å². The van der Waals surface area contributed by atoms with E-state index in [1.807, 2.05) is 24.3 Å². The van der Waals surface area contributed by atoms with E-state index >= 15 is 0 Å². The normalized spacial score (nSPS) is 14.8. The fraction of sp³-hybridized carbons (Fsp3) is 0.257. The van der Waals surface area contributed by atoms with E-state index < -0.39 is 23.6 Å². The van der Waals surface area contributed by atoms with Crippen molar-refractivity contribution >= 4 is 67.6 Å². The molecule has 1 saturated carbocycles. The predicted molar refractivity (Wildman–Crippen MR) is 185 cm³/mol. The molecule has 1 saturated heterocycles. The van der Waals surface area contributed by atoms with Crippen molar-refractivity contribution in [1.29, 1.82) is 0 Å². The van der Waals surface area contributed by atoms with Gasteiger partial charge < -0.3 is 30.9 Å². The van der Waals surface area contributed by atoms with Gasteiger partial charge in [0.15, 0.2) is 5.82 Å². The van der Waals surface area contributed by atoms with Crippen molar-refractivity contribution in [3.05, 3.63) is 94.6 Å². The molecule has 2 aliphatic rings. The first-order valence-corrected chi connectivity index (χ1v) is 16.6. The zero-order valence-electron chi connectivity index (χ0n) is 26.4. The number of fused-ring (bicyclic) bond motifs is 1. The molecule has 3 aromatic carbocycles. The standard InChI is InChI=1S/C35H32F3N7O3S/c1-20-2-4-25(43-33(46)21-3-11-29(27(16-21)35(36,37)38)45-12-14-48-15-13-45)17-28(20)44-34(47)26-18-49-31-30(26)39-19-40-32(31)42-24-9-7-23(8-10-24)41-22-5-6-22/h2-4,7-11,16-19,22,41H,5-6,12-15H2,1H3,(H,43,46)(H,44,47)(H,39,40,42). The summed E-state index contributed by atoms with van der Waals surface area (Å²) in [6.07, 6.45) is -0.877. The second-order valence-corrected chi connectivity index (χ2v) is 12.8. The lowest BCUT2D eigenvalue weighted by Gasteiger charge is -2.31. The number of hydrogen-bond acceptors (Lipinski definition) is 9. The molecular formula is C35H32F3N7O3S. The number of amides is 2. The molecular weight excluding hydrogens is 655 g/mol. The number of benzene rings is 3. The Balaban J connectivity index is 1.06. The molecule has 3 heterocycles. The summed E-state index contributed by atoms with van der Waals surface area (Å²) in [7, 11) is 0. The highest BCUT2D eigenvalue weighted by atomic mass is 32.1. The maximum Gasteiger partial charge on any atom is 0.418 e. The first-order chi connectivity index (χ1) is 23.6. The van der Waals surface area contributed by atoms with E-state index in [2.05, 4.69) is 31.2 Å². The van der Waals surface area contributed by atoms with Crippen molar-refractivity contribution < 1.29 is 27.5 Å². The molecule has 1 aliphatic carbocycles. The van der Waals surface area contributed by atoms with Gasteiger partial charge in [-0.25, -0.2) is 9.97 Å². The number of morpholine rings is 1. The Kier molecular flexibility index (Phi) is 8.82. The smallest absolute Gasteiger partial charge is 0.382 e. The molecule has 0 radical (unpaired) electrons. The average molecular weight is 688 g/mol. The van der Waals surface area contributed by atoms with E-state index in [1.54, 1.807) is 35.4 Å². The van der Waals surface area contributed by atoms with Crippen LogP contribution in [0.25, 0.3) is 10.2 Å². The van der Waals surface area contributed by atoms with Gasteiger partial charge in [-0.3, -0.25) is 9.59 Å². The molecule has 2 fully saturated rings. The van der Waals surface area contributed by atoms with Crippen molar-refractivity contribution in [2.75, 3.05) is 52.5 Å². The summed E-state index contributed by atoms with van der Waals surface area (Å²) in [6, 6.07) is 16.9. The molecule has 49 heavy (non-hydrogen) atoms. The summed E-state index contributed by atoms with van der Waals surface area (Å²) in [5.41, 5.74) is 3.17. The van der Waals surface area contributed by atoms with Crippen molar-refractivity contribution in [3.63, 3.8) is 0 Å². The zero-order chi connectivity index (χ0) is 34.1. The Labute approximate surface area is 283 Å². The van der Waals surface area contributed by atoms with E-state index in [0.717, 1.165) is 23.0 Å². The third kappa shape index (κ3) is 7.29. The predicted octanol–water partition coefficient (Wildman–Crippen LogP) is 7.68. The number of carbonyl (C=O) groups excluding carboxylic acids is 2. The number of alkyl halides is 3. The first kappa shape index (κ1) is 32.3. The van der Waals surface area contributed by atoms with Crippen LogP contribution in [-0.2, 0) is 10.9 Å². The van der Waals surface area contributed by atoms with Crippen LogP contribution in [0.15, 0.2) is 72.4 Å². The number of rotatable bonds is 9. The molecule has 2 aromatic heterocycles. The summed E-state index contributed by atoms with van der Waals surface area (Å²) >= 11 is 1.34. The molecule has 14 heteroatoms. The highest BCUT2D eigenvalue weighted by Crippen LogP contribution is 2.38. The number of anilines is 6. The Morgan fingerprint density at radius 1 is 0.898 bits per heavy atom. The summed E-state index contributed by atoms with van der Waals surface area (Å²) in [5.74, 6) is -0.550. The average Bonchev–Trinajstić information content (AvgIpc) is 3.80. The Morgan fingerprint density at radius 2 is 1.63 bits per heavy atom. The summed E-state index contributed by atoms with van der Waals surface area (Å²) in [5, 5.41) is 14.0. The van der Waals surface area contributed by atoms with Crippen molar-refractivity contribution in [3.8, 4) is 0 Å². The number of halogens is 3. The molecule has 0 unspecified atom stereocenters. The lowest BCUT2D eigenvalue weighted by Crippen LogP contribution is -2.37. The van der Waals surface area contributed by atoms with Gasteiger partial charge in [0, 0.05) is 58.5 Å². The first-order valence-electron chi connectivity index (χ1n) is 15.8. The fourth-order valence-corrected chi connectivity index (χ4v) is 6.51. The highest BCUT2D eigenvalue weighted by molar-refractivity contribution is 7.18. The van der Waals surface area contributed by atoms with Crippen LogP contribution in [0.1, 0.15) is 44.7 Å². The quantitative estimate of drug-likeness (QED) is 0.125. The van der Waals surface area contributed by atoms with Crippen LogP contribution >= 0.6 is 11.3 Å². The zero-order valence-corrected chi connectivity index (χ0v) is 27.2. The van der Waals surface area contributed by atoms with Crippen molar-refractivity contribution in [2.24, 2.45) is 0 Å². The van der Waals surface area contributed by atoms with Gasteiger partial charge in [0.1, 0.15) is 6.33 Å². The fourth-order valence-electron chi connectivity index (χ4n) is 5.56. The monoisotopic (exact) mass is 687 g/mol. The lowest BCUT2D eigenvalue weighted by atomic mass is 10.1. The number of aryl methyl sites for hydroxylation is 1. The Bertz CT molecular complexity index is 2020. The van der Waals surface area contributed by atoms with Crippen molar-refractivity contribution in [1.82, 2.24) is 9.97 Å². The number of carbonyl (C=O) groups is 2. The van der Waals surface area contributed by atoms with Crippen LogP contribution in [-0.4, -0.2) is 54.1 Å². The molecule has 0 spiro atoms. The molecule has 4 N–H and O–H groups in total. The molecule has 1 aliphatic heterocycles. The molecule has 0 bridgehead atoms. The maximum absolute atomic E-state index is 14.0. The van der Waals surface area contributed by atoms with E-state index in [1.165, 1.54) is 42.6 Å². The van der Waals surface area contributed by atoms with Crippen LogP contribution in [0.5, 0.6) is 0 Å². The molecule has 10 nitrogen and oxygen atoms in total. The van der Waals surface area contributed by atoms with Gasteiger partial charge in [0.25, 0.3) is 11.8 Å². The second-order valence-electron chi connectivity index (χ2n) is 11.9. The Morgan fingerprint density at radius 3 is 2.37 bits per heavy atom. The molecule has 0 atom stereocenters. The second kappa shape index (κ2) is 13.4. The van der Waals surface area contributed by atoms with E-state index in [0.29, 0.717) is 65.3 Å². The van der Waals surface area contributed by atoms with E-state index in [-0.39, 0.29) is 11.3 Å². The lowest BCUT2D eigenvalue weighted by molar-refractivity contribution is -0.137. The van der Waals surface area contributed by atoms with E-state index in [9.17, 15) is 22.8 Å². The van der Waals surface area contributed by atoms with Gasteiger partial charge in [0.2, 0.25) is 0 Å². The number of aromatic nitrogens is 2. The van der Waals surface area contributed by atoms with Crippen LogP contribution in [0.3, 0.4) is 0 Å². The van der Waals surface area contributed by atoms with Gasteiger partial charge >= 0.3 is 6.18 Å². The third-order valence-corrected chi connectivity index (χ3v) is 9.33. The topological polar surface area (TPSA) is 121 Å². The maximum atomic E-state index is 14.0. The SMILES string of the molecule is Cc1ccc(NC(=O)c2ccc(N3CCOCC3)c(C(F)(F)F)c2)cc1NC(=O)c1csc2c(Nc3ccc(NC4CC4)cc3)ncnc12. The summed E-state index contributed by atoms with van der Waals surface area (Å²) < 4.78 is 48.1. The van der Waals surface area contributed by atoms with Crippen molar-refractivity contribution in [2.45, 2.75) is 32.0 Å². The number of nitrogens with one attached hydrogen (secondary N) is 4. The van der Waals surface area contributed by atoms with Gasteiger partial charge in [-0.05, 0) is 79.9 Å². The van der Waals surface area contributed by atoms with E-state index in [4.69, 9.17) is 4.74 Å². The van der Waals surface area contributed by atoms with Crippen LogP contribution in [0.2, 0.25) is 0 Å². The number of thiophene rings is 1. The van der Waals surface area contributed by atoms with Crippen LogP contribution in [0.4, 0.5) is 47.4 Å². The molecule has 2 amide bonds. The minimum absolute atomic E-state index is 0.0113. The summed E-state index contributed by atoms with van der Waals surface area (Å²) in [6.45, 7) is 3.10. The Hall–Kier alpha value is -5.21. The third-order valence-electron chi connectivity index (χ3n) is 8.35. The minimum Gasteiger partial charge on any atom is -0.382 e. The van der Waals surface area contributed by atoms with Crippen LogP contribution < -0.4 is 26.2 Å². The number of ether oxygens (including phenoxy) is 1. The minimum atomic E-state index is -4.66.